The highest BCUT2D eigenvalue weighted by molar-refractivity contribution is 6.30. The topological polar surface area (TPSA) is 144 Å². The van der Waals surface area contributed by atoms with Crippen molar-refractivity contribution in [1.29, 1.82) is 5.26 Å². The number of carbonyl (C=O) groups excluding carboxylic acids is 2. The molecule has 0 unspecified atom stereocenters. The fraction of sp³-hybridized carbons (Fsp3) is 0.261. The maximum absolute atomic E-state index is 12.9. The van der Waals surface area contributed by atoms with Crippen LogP contribution < -0.4 is 16.0 Å². The zero-order valence-corrected chi connectivity index (χ0v) is 19.4. The van der Waals surface area contributed by atoms with Gasteiger partial charge in [-0.1, -0.05) is 17.7 Å². The molecule has 0 radical (unpaired) electrons. The Bertz CT molecular complexity index is 1160. The average Bonchev–Trinajstić information content (AvgIpc) is 2.85. The Morgan fingerprint density at radius 3 is 2.39 bits per heavy atom. The van der Waals surface area contributed by atoms with E-state index in [2.05, 4.69) is 20.9 Å². The molecule has 2 amide bonds. The highest BCUT2D eigenvalue weighted by Crippen LogP contribution is 2.23. The second-order valence-corrected chi connectivity index (χ2v) is 7.84. The number of rotatable bonds is 5. The van der Waals surface area contributed by atoms with Gasteiger partial charge in [-0.15, -0.1) is 0 Å². The van der Waals surface area contributed by atoms with E-state index in [9.17, 15) is 22.8 Å². The van der Waals surface area contributed by atoms with E-state index in [0.717, 1.165) is 25.9 Å². The van der Waals surface area contributed by atoms with Gasteiger partial charge in [0.1, 0.15) is 5.82 Å². The SMILES string of the molecule is N#C/C=C\c1ccc(NC(=O)C2CCNCC2)c(C(=O)Nc2ccc(Cl)cn2)c1.O=C(O)C(F)(F)F. The maximum atomic E-state index is 12.9. The lowest BCUT2D eigenvalue weighted by Crippen LogP contribution is -2.35. The predicted octanol–water partition coefficient (Wildman–Crippen LogP) is 4.10. The van der Waals surface area contributed by atoms with Gasteiger partial charge in [-0.25, -0.2) is 9.78 Å². The molecule has 0 saturated carbocycles. The minimum absolute atomic E-state index is 0.0942. The van der Waals surface area contributed by atoms with Crippen molar-refractivity contribution in [2.24, 2.45) is 5.92 Å². The first-order chi connectivity index (χ1) is 17.0. The predicted molar refractivity (Wildman–Crippen MR) is 126 cm³/mol. The lowest BCUT2D eigenvalue weighted by molar-refractivity contribution is -0.192. The van der Waals surface area contributed by atoms with Crippen LogP contribution in [0.5, 0.6) is 0 Å². The van der Waals surface area contributed by atoms with Crippen LogP contribution in [0.15, 0.2) is 42.6 Å². The summed E-state index contributed by atoms with van der Waals surface area (Å²) in [6.45, 7) is 1.59. The number of aromatic nitrogens is 1. The number of anilines is 2. The van der Waals surface area contributed by atoms with Crippen LogP contribution in [0.4, 0.5) is 24.7 Å². The molecule has 1 fully saturated rings. The summed E-state index contributed by atoms with van der Waals surface area (Å²) in [7, 11) is 0. The molecule has 13 heteroatoms. The third-order valence-electron chi connectivity index (χ3n) is 4.82. The molecule has 1 aliphatic heterocycles. The van der Waals surface area contributed by atoms with Crippen LogP contribution in [0.1, 0.15) is 28.8 Å². The Kier molecular flexibility index (Phi) is 10.4. The second kappa shape index (κ2) is 13.2. The van der Waals surface area contributed by atoms with Crippen molar-refractivity contribution in [3.05, 3.63) is 58.8 Å². The molecular weight excluding hydrogens is 503 g/mol. The first-order valence-corrected chi connectivity index (χ1v) is 10.8. The van der Waals surface area contributed by atoms with Gasteiger partial charge in [-0.05, 0) is 61.8 Å². The largest absolute Gasteiger partial charge is 0.490 e. The van der Waals surface area contributed by atoms with Gasteiger partial charge in [0.2, 0.25) is 5.91 Å². The van der Waals surface area contributed by atoms with Crippen molar-refractivity contribution >= 4 is 47.0 Å². The van der Waals surface area contributed by atoms with Gasteiger partial charge < -0.3 is 21.1 Å². The minimum atomic E-state index is -5.08. The lowest BCUT2D eigenvalue weighted by Gasteiger charge is -2.22. The zero-order chi connectivity index (χ0) is 26.7. The van der Waals surface area contributed by atoms with Crippen LogP contribution in [0, 0.1) is 17.2 Å². The van der Waals surface area contributed by atoms with Crippen molar-refractivity contribution < 1.29 is 32.7 Å². The first-order valence-electron chi connectivity index (χ1n) is 10.5. The van der Waals surface area contributed by atoms with Gasteiger partial charge in [0.25, 0.3) is 5.91 Å². The quantitative estimate of drug-likeness (QED) is 0.432. The van der Waals surface area contributed by atoms with E-state index in [0.29, 0.717) is 22.1 Å². The standard InChI is InChI=1S/C21H20ClN5O2.C2HF3O2/c22-16-4-6-19(25-13-16)27-21(29)17-12-14(2-1-9-23)3-5-18(17)26-20(28)15-7-10-24-11-8-15;3-2(4,5)1(6)7/h1-6,12-13,15,24H,7-8,10-11H2,(H,26,28)(H,25,27,29);(H,6,7)/b2-1-;. The second-order valence-electron chi connectivity index (χ2n) is 7.40. The Labute approximate surface area is 209 Å². The average molecular weight is 524 g/mol. The number of pyridine rings is 1. The number of halogens is 4. The maximum Gasteiger partial charge on any atom is 0.490 e. The number of benzene rings is 1. The molecule has 0 bridgehead atoms. The lowest BCUT2D eigenvalue weighted by atomic mass is 9.97. The Balaban J connectivity index is 0.000000572. The summed E-state index contributed by atoms with van der Waals surface area (Å²) in [4.78, 5) is 38.5. The number of carboxylic acid groups (broad SMARTS) is 1. The Morgan fingerprint density at radius 2 is 1.83 bits per heavy atom. The van der Waals surface area contributed by atoms with Crippen LogP contribution >= 0.6 is 11.6 Å². The van der Waals surface area contributed by atoms with Gasteiger partial charge >= 0.3 is 12.1 Å². The van der Waals surface area contributed by atoms with E-state index in [1.54, 1.807) is 36.4 Å². The van der Waals surface area contributed by atoms with Gasteiger partial charge in [-0.2, -0.15) is 18.4 Å². The summed E-state index contributed by atoms with van der Waals surface area (Å²) in [6.07, 6.45) is 0.778. The van der Waals surface area contributed by atoms with Crippen LogP contribution in [0.3, 0.4) is 0 Å². The smallest absolute Gasteiger partial charge is 0.475 e. The summed E-state index contributed by atoms with van der Waals surface area (Å²) >= 11 is 5.83. The summed E-state index contributed by atoms with van der Waals surface area (Å²) in [5.41, 5.74) is 1.36. The number of alkyl halides is 3. The molecule has 1 aromatic carbocycles. The van der Waals surface area contributed by atoms with Crippen LogP contribution in [-0.4, -0.2) is 47.1 Å². The van der Waals surface area contributed by atoms with Gasteiger partial charge in [0.15, 0.2) is 0 Å². The number of aliphatic carboxylic acids is 1. The molecule has 0 atom stereocenters. The van der Waals surface area contributed by atoms with Crippen LogP contribution in [0.25, 0.3) is 6.08 Å². The molecule has 1 aromatic heterocycles. The van der Waals surface area contributed by atoms with E-state index in [1.807, 2.05) is 6.07 Å². The number of nitrogens with zero attached hydrogens (tertiary/aromatic N) is 2. The first kappa shape index (κ1) is 28.3. The monoisotopic (exact) mass is 523 g/mol. The molecular formula is C23H21ClF3N5O4. The summed E-state index contributed by atoms with van der Waals surface area (Å²) in [6, 6.07) is 10.2. The molecule has 2 heterocycles. The molecule has 4 N–H and O–H groups in total. The number of nitriles is 1. The van der Waals surface area contributed by atoms with E-state index >= 15 is 0 Å². The van der Waals surface area contributed by atoms with Crippen LogP contribution in [-0.2, 0) is 9.59 Å². The molecule has 9 nitrogen and oxygen atoms in total. The normalized spacial score (nSPS) is 13.8. The Hall–Kier alpha value is -3.95. The van der Waals surface area contributed by atoms with E-state index in [-0.39, 0.29) is 17.4 Å². The zero-order valence-electron chi connectivity index (χ0n) is 18.6. The number of carbonyl (C=O) groups is 3. The fourth-order valence-corrected chi connectivity index (χ4v) is 3.16. The number of carboxylic acids is 1. The van der Waals surface area contributed by atoms with E-state index in [1.165, 1.54) is 12.3 Å². The van der Waals surface area contributed by atoms with Gasteiger partial charge in [0, 0.05) is 18.2 Å². The van der Waals surface area contributed by atoms with Crippen molar-refractivity contribution in [3.63, 3.8) is 0 Å². The third-order valence-corrected chi connectivity index (χ3v) is 5.04. The Morgan fingerprint density at radius 1 is 1.17 bits per heavy atom. The highest BCUT2D eigenvalue weighted by Gasteiger charge is 2.38. The van der Waals surface area contributed by atoms with E-state index in [4.69, 9.17) is 26.8 Å². The summed E-state index contributed by atoms with van der Waals surface area (Å²) < 4.78 is 31.7. The number of piperidine rings is 1. The van der Waals surface area contributed by atoms with Crippen LogP contribution in [0.2, 0.25) is 5.02 Å². The van der Waals surface area contributed by atoms with Crippen molar-refractivity contribution in [2.45, 2.75) is 19.0 Å². The van der Waals surface area contributed by atoms with Crippen molar-refractivity contribution in [2.75, 3.05) is 23.7 Å². The summed E-state index contributed by atoms with van der Waals surface area (Å²) in [5, 5.41) is 25.1. The fourth-order valence-electron chi connectivity index (χ4n) is 3.05. The van der Waals surface area contributed by atoms with Crippen molar-refractivity contribution in [1.82, 2.24) is 10.3 Å². The molecule has 36 heavy (non-hydrogen) atoms. The number of hydrogen-bond donors (Lipinski definition) is 4. The van der Waals surface area contributed by atoms with Crippen molar-refractivity contribution in [3.8, 4) is 6.07 Å². The number of amides is 2. The van der Waals surface area contributed by atoms with Gasteiger partial charge in [0.05, 0.1) is 22.3 Å². The molecule has 1 aliphatic rings. The molecule has 1 saturated heterocycles. The molecule has 0 spiro atoms. The van der Waals surface area contributed by atoms with E-state index < -0.39 is 18.1 Å². The minimum Gasteiger partial charge on any atom is -0.475 e. The van der Waals surface area contributed by atoms with Gasteiger partial charge in [-0.3, -0.25) is 9.59 Å². The highest BCUT2D eigenvalue weighted by atomic mass is 35.5. The number of allylic oxidation sites excluding steroid dienone is 1. The number of hydrogen-bond acceptors (Lipinski definition) is 6. The molecule has 190 valence electrons. The molecule has 0 aliphatic carbocycles. The molecule has 3 rings (SSSR count). The molecule has 2 aromatic rings. The number of nitrogens with one attached hydrogen (secondary N) is 3. The third kappa shape index (κ3) is 9.01. The summed E-state index contributed by atoms with van der Waals surface area (Å²) in [5.74, 6) is -3.04.